The molecule has 0 atom stereocenters. The van der Waals surface area contributed by atoms with E-state index < -0.39 is 17.2 Å². The molecule has 4 aromatic rings. The Morgan fingerprint density at radius 2 is 1.51 bits per heavy atom. The Morgan fingerprint density at radius 3 is 2.14 bits per heavy atom. The third kappa shape index (κ3) is 4.48. The first-order valence-corrected chi connectivity index (χ1v) is 12.1. The van der Waals surface area contributed by atoms with E-state index in [-0.39, 0.29) is 35.9 Å². The highest BCUT2D eigenvalue weighted by Crippen LogP contribution is 2.24. The number of rotatable bonds is 7. The fourth-order valence-electron chi connectivity index (χ4n) is 4.66. The van der Waals surface area contributed by atoms with Crippen LogP contribution in [0.5, 0.6) is 0 Å². The molecule has 4 rings (SSSR count). The molecule has 0 aliphatic heterocycles. The molecule has 0 saturated carbocycles. The zero-order valence-electron chi connectivity index (χ0n) is 21.5. The van der Waals surface area contributed by atoms with Gasteiger partial charge in [-0.15, -0.1) is 0 Å². The van der Waals surface area contributed by atoms with Crippen LogP contribution in [0.3, 0.4) is 0 Å². The molecule has 0 bridgehead atoms. The van der Waals surface area contributed by atoms with E-state index in [1.807, 2.05) is 26.8 Å². The highest BCUT2D eigenvalue weighted by molar-refractivity contribution is 6.06. The molecule has 194 valence electrons. The van der Waals surface area contributed by atoms with Crippen LogP contribution in [0.25, 0.3) is 21.9 Å². The molecule has 2 amide bonds. The van der Waals surface area contributed by atoms with Crippen LogP contribution in [0.1, 0.15) is 36.7 Å². The third-order valence-corrected chi connectivity index (χ3v) is 6.47. The second-order valence-electron chi connectivity index (χ2n) is 8.91. The zero-order valence-corrected chi connectivity index (χ0v) is 21.5. The van der Waals surface area contributed by atoms with Gasteiger partial charge in [0.2, 0.25) is 5.91 Å². The van der Waals surface area contributed by atoms with Crippen molar-refractivity contribution in [1.29, 1.82) is 0 Å². The normalized spacial score (nSPS) is 11.3. The molecule has 0 unspecified atom stereocenters. The highest BCUT2D eigenvalue weighted by atomic mass is 16.2. The van der Waals surface area contributed by atoms with Crippen LogP contribution in [0.2, 0.25) is 0 Å². The maximum atomic E-state index is 13.2. The summed E-state index contributed by atoms with van der Waals surface area (Å²) in [6.07, 6.45) is 0. The number of anilines is 1. The third-order valence-electron chi connectivity index (χ3n) is 6.47. The number of aryl methyl sites for hydroxylation is 4. The molecular weight excluding hydrogens is 476 g/mol. The lowest BCUT2D eigenvalue weighted by molar-refractivity contribution is -0.114. The maximum absolute atomic E-state index is 13.2. The molecule has 11 nitrogen and oxygen atoms in total. The summed E-state index contributed by atoms with van der Waals surface area (Å²) in [6.45, 7) is 7.69. The van der Waals surface area contributed by atoms with Gasteiger partial charge in [-0.2, -0.15) is 0 Å². The van der Waals surface area contributed by atoms with E-state index in [0.29, 0.717) is 35.0 Å². The first kappa shape index (κ1) is 25.7. The number of carbonyl (C=O) groups is 2. The SMILES string of the molecule is CCn1c(=O)n(CC)c2cc(C(=O)NCCn3c(=O)c4cc(C)ccc4n(C)c3=O)c(NC(C)=O)cc21. The molecule has 2 heterocycles. The lowest BCUT2D eigenvalue weighted by Gasteiger charge is -2.14. The molecule has 11 heteroatoms. The standard InChI is InChI=1S/C26H30N6O5/c1-6-30-21-13-17(19(28-16(4)33)14-22(21)31(7-2)26(30)37)23(34)27-10-11-32-24(35)18-12-15(3)8-9-20(18)29(5)25(32)36/h8-9,12-14H,6-7,10-11H2,1-5H3,(H,27,34)(H,28,33). The molecule has 0 aliphatic carbocycles. The van der Waals surface area contributed by atoms with Gasteiger partial charge in [-0.05, 0) is 45.0 Å². The van der Waals surface area contributed by atoms with Gasteiger partial charge in [-0.3, -0.25) is 32.7 Å². The van der Waals surface area contributed by atoms with Gasteiger partial charge in [0.1, 0.15) is 0 Å². The summed E-state index contributed by atoms with van der Waals surface area (Å²) in [5, 5.41) is 5.83. The number of hydrogen-bond donors (Lipinski definition) is 2. The number of amides is 2. The summed E-state index contributed by atoms with van der Waals surface area (Å²) >= 11 is 0. The molecule has 2 aromatic heterocycles. The topological polar surface area (TPSA) is 129 Å². The summed E-state index contributed by atoms with van der Waals surface area (Å²) in [6, 6.07) is 8.51. The number of carbonyl (C=O) groups excluding carboxylic acids is 2. The van der Waals surface area contributed by atoms with Gasteiger partial charge in [-0.1, -0.05) is 11.6 Å². The number of benzene rings is 2. The highest BCUT2D eigenvalue weighted by Gasteiger charge is 2.20. The minimum atomic E-state index is -0.508. The molecule has 0 spiro atoms. The van der Waals surface area contributed by atoms with Crippen LogP contribution in [0, 0.1) is 6.92 Å². The van der Waals surface area contributed by atoms with Crippen molar-refractivity contribution < 1.29 is 9.59 Å². The van der Waals surface area contributed by atoms with Crippen LogP contribution in [-0.2, 0) is 31.5 Å². The Labute approximate surface area is 211 Å². The maximum Gasteiger partial charge on any atom is 0.331 e. The molecular formula is C26H30N6O5. The Morgan fingerprint density at radius 1 is 0.865 bits per heavy atom. The molecule has 37 heavy (non-hydrogen) atoms. The fourth-order valence-corrected chi connectivity index (χ4v) is 4.66. The summed E-state index contributed by atoms with van der Waals surface area (Å²) < 4.78 is 5.64. The van der Waals surface area contributed by atoms with Gasteiger partial charge in [0.25, 0.3) is 11.5 Å². The van der Waals surface area contributed by atoms with Crippen molar-refractivity contribution in [2.75, 3.05) is 11.9 Å². The quantitative estimate of drug-likeness (QED) is 0.393. The predicted molar refractivity (Wildman–Crippen MR) is 142 cm³/mol. The van der Waals surface area contributed by atoms with Gasteiger partial charge >= 0.3 is 11.4 Å². The molecule has 0 aliphatic rings. The van der Waals surface area contributed by atoms with Gasteiger partial charge in [0.15, 0.2) is 0 Å². The predicted octanol–water partition coefficient (Wildman–Crippen LogP) is 1.55. The molecule has 0 radical (unpaired) electrons. The van der Waals surface area contributed by atoms with E-state index in [2.05, 4.69) is 10.6 Å². The van der Waals surface area contributed by atoms with Gasteiger partial charge in [0.05, 0.1) is 33.2 Å². The van der Waals surface area contributed by atoms with E-state index in [1.54, 1.807) is 40.4 Å². The summed E-state index contributed by atoms with van der Waals surface area (Å²) in [5.41, 5.74) is 1.94. The Bertz CT molecular complexity index is 1740. The van der Waals surface area contributed by atoms with Crippen LogP contribution in [-0.4, -0.2) is 36.6 Å². The van der Waals surface area contributed by atoms with E-state index in [0.717, 1.165) is 10.1 Å². The van der Waals surface area contributed by atoms with Crippen molar-refractivity contribution in [3.63, 3.8) is 0 Å². The van der Waals surface area contributed by atoms with Crippen molar-refractivity contribution in [2.24, 2.45) is 7.05 Å². The number of aromatic nitrogens is 4. The zero-order chi connectivity index (χ0) is 27.0. The largest absolute Gasteiger partial charge is 0.350 e. The molecule has 0 saturated heterocycles. The van der Waals surface area contributed by atoms with E-state index in [9.17, 15) is 24.0 Å². The Kier molecular flexibility index (Phi) is 6.88. The average molecular weight is 507 g/mol. The smallest absolute Gasteiger partial charge is 0.331 e. The number of imidazole rings is 1. The van der Waals surface area contributed by atoms with Crippen LogP contribution in [0.15, 0.2) is 44.7 Å². The van der Waals surface area contributed by atoms with Crippen LogP contribution >= 0.6 is 0 Å². The lowest BCUT2D eigenvalue weighted by Crippen LogP contribution is -2.42. The van der Waals surface area contributed by atoms with Crippen molar-refractivity contribution in [3.05, 3.63) is 72.8 Å². The first-order chi connectivity index (χ1) is 17.6. The minimum absolute atomic E-state index is 0.000589. The number of fused-ring (bicyclic) bond motifs is 2. The van der Waals surface area contributed by atoms with Crippen molar-refractivity contribution >= 4 is 39.4 Å². The average Bonchev–Trinajstić information content (AvgIpc) is 3.12. The Hall–Kier alpha value is -4.41. The van der Waals surface area contributed by atoms with Crippen molar-refractivity contribution in [3.8, 4) is 0 Å². The van der Waals surface area contributed by atoms with Gasteiger partial charge in [-0.25, -0.2) is 9.59 Å². The van der Waals surface area contributed by atoms with Crippen LogP contribution < -0.4 is 27.6 Å². The Balaban J connectivity index is 1.68. The minimum Gasteiger partial charge on any atom is -0.350 e. The molecule has 0 fully saturated rings. The fraction of sp³-hybridized carbons (Fsp3) is 0.346. The summed E-state index contributed by atoms with van der Waals surface area (Å²) in [7, 11) is 1.60. The second kappa shape index (κ2) is 9.92. The lowest BCUT2D eigenvalue weighted by atomic mass is 10.1. The molecule has 2 N–H and O–H groups in total. The number of hydrogen-bond acceptors (Lipinski definition) is 5. The van der Waals surface area contributed by atoms with Crippen molar-refractivity contribution in [1.82, 2.24) is 23.6 Å². The van der Waals surface area contributed by atoms with E-state index in [1.165, 1.54) is 11.5 Å². The van der Waals surface area contributed by atoms with E-state index in [4.69, 9.17) is 0 Å². The summed E-state index contributed by atoms with van der Waals surface area (Å²) in [5.74, 6) is -0.873. The molecule has 2 aromatic carbocycles. The monoisotopic (exact) mass is 506 g/mol. The van der Waals surface area contributed by atoms with Gasteiger partial charge < -0.3 is 10.6 Å². The van der Waals surface area contributed by atoms with Gasteiger partial charge in [0, 0.05) is 40.2 Å². The summed E-state index contributed by atoms with van der Waals surface area (Å²) in [4.78, 5) is 63.7. The second-order valence-corrected chi connectivity index (χ2v) is 8.91. The number of nitrogens with one attached hydrogen (secondary N) is 2. The van der Waals surface area contributed by atoms with Crippen molar-refractivity contribution in [2.45, 2.75) is 47.3 Å². The number of nitrogens with zero attached hydrogens (tertiary/aromatic N) is 4. The first-order valence-electron chi connectivity index (χ1n) is 12.1. The van der Waals surface area contributed by atoms with E-state index >= 15 is 0 Å². The van der Waals surface area contributed by atoms with Crippen LogP contribution in [0.4, 0.5) is 5.69 Å².